The van der Waals surface area contributed by atoms with Crippen LogP contribution in [0, 0.1) is 11.8 Å². The minimum absolute atomic E-state index is 0.0445. The number of tetrazole rings is 1. The quantitative estimate of drug-likeness (QED) is 0.131. The van der Waals surface area contributed by atoms with E-state index in [4.69, 9.17) is 9.72 Å². The van der Waals surface area contributed by atoms with E-state index in [2.05, 4.69) is 70.8 Å². The van der Waals surface area contributed by atoms with Crippen molar-refractivity contribution < 1.29 is 24.2 Å². The first-order valence-corrected chi connectivity index (χ1v) is 21.1. The van der Waals surface area contributed by atoms with Crippen LogP contribution < -0.4 is 10.6 Å². The molecule has 2 aromatic heterocycles. The molecule has 55 heavy (non-hydrogen) atoms. The Bertz CT molecular complexity index is 1700. The summed E-state index contributed by atoms with van der Waals surface area (Å²) in [4.78, 5) is 50.9. The molecule has 0 bridgehead atoms. The molecule has 1 aromatic carbocycles. The molecule has 0 spiro atoms. The number of carbonyl (C=O) groups is 3. The molecule has 14 nitrogen and oxygen atoms in total. The molecule has 7 unspecified atom stereocenters. The lowest BCUT2D eigenvalue weighted by atomic mass is 9.79. The number of aromatic amines is 1. The van der Waals surface area contributed by atoms with Gasteiger partial charge in [-0.15, -0.1) is 21.5 Å². The Hall–Kier alpha value is -3.95. The number of amides is 3. The fourth-order valence-corrected chi connectivity index (χ4v) is 8.86. The van der Waals surface area contributed by atoms with Crippen LogP contribution in [-0.4, -0.2) is 109 Å². The number of likely N-dealkylation sites (tertiary alicyclic amines) is 1. The highest BCUT2D eigenvalue weighted by molar-refractivity contribution is 7.09. The zero-order chi connectivity index (χ0) is 39.6. The van der Waals surface area contributed by atoms with Gasteiger partial charge in [0.1, 0.15) is 28.6 Å². The second kappa shape index (κ2) is 19.8. The topological polar surface area (TPSA) is 179 Å². The third-order valence-corrected chi connectivity index (χ3v) is 12.2. The van der Waals surface area contributed by atoms with Crippen molar-refractivity contribution in [1.82, 2.24) is 46.0 Å². The predicted octanol–water partition coefficient (Wildman–Crippen LogP) is 5.37. The van der Waals surface area contributed by atoms with Gasteiger partial charge in [0, 0.05) is 37.0 Å². The van der Waals surface area contributed by atoms with E-state index in [1.807, 2.05) is 24.9 Å². The number of piperidine rings is 1. The first kappa shape index (κ1) is 42.2. The summed E-state index contributed by atoms with van der Waals surface area (Å²) in [6, 6.07) is 3.97. The van der Waals surface area contributed by atoms with Crippen LogP contribution >= 0.6 is 11.3 Å². The summed E-state index contributed by atoms with van der Waals surface area (Å²) in [7, 11) is 1.99. The molecule has 3 aromatic rings. The summed E-state index contributed by atoms with van der Waals surface area (Å²) in [5, 5.41) is 33.7. The number of aromatic nitrogens is 5. The molecule has 1 aliphatic carbocycles. The number of hydrogen-bond donors (Lipinski definition) is 4. The van der Waals surface area contributed by atoms with Gasteiger partial charge in [0.25, 0.3) is 5.91 Å². The van der Waals surface area contributed by atoms with E-state index in [0.717, 1.165) is 56.2 Å². The summed E-state index contributed by atoms with van der Waals surface area (Å²) >= 11 is 1.39. The third-order valence-electron chi connectivity index (χ3n) is 11.3. The number of nitrogens with zero attached hydrogens (tertiary/aromatic N) is 6. The Balaban J connectivity index is 1.33. The fraction of sp³-hybridized carbons (Fsp3) is 0.675. The lowest BCUT2D eigenvalue weighted by molar-refractivity contribution is -0.143. The maximum atomic E-state index is 14.7. The van der Waals surface area contributed by atoms with Crippen molar-refractivity contribution in [2.45, 2.75) is 136 Å². The van der Waals surface area contributed by atoms with Gasteiger partial charge in [0.15, 0.2) is 5.82 Å². The van der Waals surface area contributed by atoms with Crippen LogP contribution in [-0.2, 0) is 20.7 Å². The van der Waals surface area contributed by atoms with Crippen molar-refractivity contribution in [2.24, 2.45) is 11.8 Å². The van der Waals surface area contributed by atoms with Crippen LogP contribution in [0.5, 0.6) is 5.75 Å². The van der Waals surface area contributed by atoms with Crippen LogP contribution in [0.25, 0.3) is 0 Å². The largest absolute Gasteiger partial charge is 0.508 e. The minimum atomic E-state index is -0.636. The number of benzene rings is 1. The van der Waals surface area contributed by atoms with Crippen LogP contribution in [0.3, 0.4) is 0 Å². The molecular formula is C40H61N9O5S. The van der Waals surface area contributed by atoms with E-state index in [1.165, 1.54) is 11.3 Å². The molecule has 15 heteroatoms. The molecule has 1 saturated heterocycles. The van der Waals surface area contributed by atoms with Crippen molar-refractivity contribution >= 4 is 29.1 Å². The van der Waals surface area contributed by atoms with E-state index < -0.39 is 12.1 Å². The van der Waals surface area contributed by atoms with Gasteiger partial charge in [-0.3, -0.25) is 19.3 Å². The molecule has 3 heterocycles. The van der Waals surface area contributed by atoms with E-state index in [1.54, 1.807) is 17.5 Å². The fourth-order valence-electron chi connectivity index (χ4n) is 8.00. The van der Waals surface area contributed by atoms with Crippen molar-refractivity contribution in [2.75, 3.05) is 26.7 Å². The molecule has 7 atom stereocenters. The van der Waals surface area contributed by atoms with Crippen molar-refractivity contribution in [1.29, 1.82) is 0 Å². The highest BCUT2D eigenvalue weighted by Crippen LogP contribution is 2.37. The standard InChI is InChI=1S/C40H61N9O5S/c1-8-16-49(40(53)35(25(6)10-3)43-38(52)32-13-11-12-17-48(32)7)33(24(4)5)22-34(54-18-9-2)39-42-31(23-55-39)37(51)41-27-19-26-14-15-28(50)21-29(26)30(20-27)36-44-46-47-45-36/h14-15,21,23-25,27,30,32-35,50H,8-13,16-20,22H2,1-7H3,(H,41,51)(H,43,52)(H,44,45,46,47). The number of nitrogens with one attached hydrogen (secondary N) is 3. The van der Waals surface area contributed by atoms with Gasteiger partial charge >= 0.3 is 0 Å². The summed E-state index contributed by atoms with van der Waals surface area (Å²) in [6.07, 6.45) is 6.39. The summed E-state index contributed by atoms with van der Waals surface area (Å²) < 4.78 is 6.46. The Labute approximate surface area is 329 Å². The highest BCUT2D eigenvalue weighted by atomic mass is 32.1. The smallest absolute Gasteiger partial charge is 0.270 e. The van der Waals surface area contributed by atoms with Gasteiger partial charge in [-0.2, -0.15) is 5.21 Å². The Morgan fingerprint density at radius 2 is 1.95 bits per heavy atom. The average molecular weight is 780 g/mol. The lowest BCUT2D eigenvalue weighted by Crippen LogP contribution is -2.58. The molecule has 4 N–H and O–H groups in total. The first-order valence-electron chi connectivity index (χ1n) is 20.2. The summed E-state index contributed by atoms with van der Waals surface area (Å²) in [6.45, 7) is 14.4. The number of H-pyrrole nitrogens is 1. The van der Waals surface area contributed by atoms with E-state index in [-0.39, 0.29) is 59.4 Å². The molecule has 2 aliphatic rings. The normalized spacial score (nSPS) is 21.0. The van der Waals surface area contributed by atoms with Crippen LogP contribution in [0.4, 0.5) is 0 Å². The van der Waals surface area contributed by atoms with Gasteiger partial charge in [0.2, 0.25) is 11.8 Å². The van der Waals surface area contributed by atoms with E-state index in [9.17, 15) is 19.5 Å². The zero-order valence-electron chi connectivity index (χ0n) is 33.6. The van der Waals surface area contributed by atoms with Gasteiger partial charge in [-0.25, -0.2) is 4.98 Å². The third kappa shape index (κ3) is 10.5. The van der Waals surface area contributed by atoms with Gasteiger partial charge < -0.3 is 25.4 Å². The molecule has 5 rings (SSSR count). The molecule has 1 fully saturated rings. The lowest BCUT2D eigenvalue weighted by Gasteiger charge is -2.40. The number of rotatable bonds is 18. The van der Waals surface area contributed by atoms with E-state index in [0.29, 0.717) is 48.9 Å². The van der Waals surface area contributed by atoms with Crippen molar-refractivity contribution in [3.8, 4) is 5.75 Å². The minimum Gasteiger partial charge on any atom is -0.508 e. The zero-order valence-corrected chi connectivity index (χ0v) is 34.4. The Morgan fingerprint density at radius 3 is 2.62 bits per heavy atom. The molecule has 0 saturated carbocycles. The van der Waals surface area contributed by atoms with Crippen molar-refractivity contribution in [3.63, 3.8) is 0 Å². The highest BCUT2D eigenvalue weighted by Gasteiger charge is 2.38. The maximum absolute atomic E-state index is 14.7. The summed E-state index contributed by atoms with van der Waals surface area (Å²) in [5.74, 6) is 0.0515. The second-order valence-corrected chi connectivity index (χ2v) is 16.6. The van der Waals surface area contributed by atoms with Crippen LogP contribution in [0.15, 0.2) is 23.6 Å². The first-order chi connectivity index (χ1) is 26.4. The Kier molecular flexibility index (Phi) is 15.2. The maximum Gasteiger partial charge on any atom is 0.270 e. The number of likely N-dealkylation sites (N-methyl/N-ethyl adjacent to an activating group) is 1. The molecule has 0 radical (unpaired) electrons. The Morgan fingerprint density at radius 1 is 1.15 bits per heavy atom. The van der Waals surface area contributed by atoms with Gasteiger partial charge in [-0.05, 0) is 87.2 Å². The van der Waals surface area contributed by atoms with Gasteiger partial charge in [-0.1, -0.05) is 65.7 Å². The average Bonchev–Trinajstić information content (AvgIpc) is 3.90. The summed E-state index contributed by atoms with van der Waals surface area (Å²) in [5.41, 5.74) is 2.23. The van der Waals surface area contributed by atoms with Gasteiger partial charge in [0.05, 0.1) is 12.0 Å². The number of aromatic hydroxyl groups is 1. The molecular weight excluding hydrogens is 719 g/mol. The van der Waals surface area contributed by atoms with Crippen LogP contribution in [0.1, 0.15) is 137 Å². The number of hydrogen-bond acceptors (Lipinski definition) is 11. The molecule has 1 aliphatic heterocycles. The van der Waals surface area contributed by atoms with E-state index >= 15 is 0 Å². The number of phenols is 1. The SMILES string of the molecule is CCCOC(CC(C(C)C)N(CCC)C(=O)C(NC(=O)C1CCCCN1C)C(C)CC)c1nc(C(=O)NC2Cc3ccc(O)cc3C(c3nn[nH]n3)C2)cs1. The monoisotopic (exact) mass is 779 g/mol. The predicted molar refractivity (Wildman–Crippen MR) is 212 cm³/mol. The number of carbonyl (C=O) groups excluding carboxylic acids is 3. The number of phenolic OH excluding ortho intramolecular Hbond substituents is 1. The molecule has 302 valence electrons. The van der Waals surface area contributed by atoms with Crippen LogP contribution in [0.2, 0.25) is 0 Å². The second-order valence-electron chi connectivity index (χ2n) is 15.7. The number of fused-ring (bicyclic) bond motifs is 1. The van der Waals surface area contributed by atoms with Crippen molar-refractivity contribution in [3.05, 3.63) is 51.2 Å². The number of thiazole rings is 1. The molecule has 3 amide bonds. The number of ether oxygens (including phenoxy) is 1.